The highest BCUT2D eigenvalue weighted by Gasteiger charge is 2.42. The summed E-state index contributed by atoms with van der Waals surface area (Å²) in [6, 6.07) is -0.370. The molecule has 2 amide bonds. The number of hydrogen-bond acceptors (Lipinski definition) is 3. The average Bonchev–Trinajstić information content (AvgIpc) is 2.94. The zero-order chi connectivity index (χ0) is 15.3. The lowest BCUT2D eigenvalue weighted by atomic mass is 9.77. The van der Waals surface area contributed by atoms with Crippen LogP contribution in [0.15, 0.2) is 0 Å². The number of carbonyl (C=O) groups excluding carboxylic acids is 1. The summed E-state index contributed by atoms with van der Waals surface area (Å²) in [6.45, 7) is 4.25. The van der Waals surface area contributed by atoms with E-state index in [9.17, 15) is 14.7 Å². The van der Waals surface area contributed by atoms with Crippen LogP contribution in [0.4, 0.5) is 4.79 Å². The smallest absolute Gasteiger partial charge is 0.329 e. The van der Waals surface area contributed by atoms with E-state index in [1.165, 1.54) is 0 Å². The van der Waals surface area contributed by atoms with Crippen molar-refractivity contribution in [3.8, 4) is 0 Å². The molecular weight excluding hydrogens is 272 g/mol. The molecule has 1 aliphatic carbocycles. The van der Waals surface area contributed by atoms with Crippen LogP contribution in [0.5, 0.6) is 0 Å². The Morgan fingerprint density at radius 3 is 2.57 bits per heavy atom. The van der Waals surface area contributed by atoms with E-state index in [1.807, 2.05) is 0 Å². The molecule has 1 aliphatic heterocycles. The summed E-state index contributed by atoms with van der Waals surface area (Å²) < 4.78 is 5.29. The zero-order valence-corrected chi connectivity index (χ0v) is 12.7. The fourth-order valence-corrected chi connectivity index (χ4v) is 3.11. The zero-order valence-electron chi connectivity index (χ0n) is 12.7. The third-order valence-corrected chi connectivity index (χ3v) is 4.75. The Morgan fingerprint density at radius 2 is 2.00 bits per heavy atom. The number of ether oxygens (including phenoxy) is 1. The van der Waals surface area contributed by atoms with Gasteiger partial charge in [-0.2, -0.15) is 0 Å². The Labute approximate surface area is 125 Å². The second-order valence-electron chi connectivity index (χ2n) is 6.47. The number of carbonyl (C=O) groups is 2. The van der Waals surface area contributed by atoms with Crippen LogP contribution in [0.2, 0.25) is 0 Å². The summed E-state index contributed by atoms with van der Waals surface area (Å²) in [4.78, 5) is 23.5. The molecule has 3 N–H and O–H groups in total. The average molecular weight is 298 g/mol. The number of hydrogen-bond donors (Lipinski definition) is 3. The number of rotatable bonds is 5. The summed E-state index contributed by atoms with van der Waals surface area (Å²) in [7, 11) is 0. The molecule has 0 bridgehead atoms. The Bertz CT molecular complexity index is 372. The van der Waals surface area contributed by atoms with Gasteiger partial charge in [-0.3, -0.25) is 0 Å². The maximum atomic E-state index is 12.0. The molecule has 0 aromatic heterocycles. The molecule has 0 spiro atoms. The first-order valence-electron chi connectivity index (χ1n) is 7.89. The van der Waals surface area contributed by atoms with Crippen molar-refractivity contribution in [3.05, 3.63) is 0 Å². The number of carboxylic acids is 1. The van der Waals surface area contributed by atoms with E-state index in [0.717, 1.165) is 38.9 Å². The van der Waals surface area contributed by atoms with Crippen molar-refractivity contribution in [2.75, 3.05) is 19.8 Å². The van der Waals surface area contributed by atoms with Crippen molar-refractivity contribution in [1.29, 1.82) is 0 Å². The standard InChI is InChI=1S/C15H26N2O4/c1-11-2-6-15(7-3-11,13(18)19)17-14(20)16-8-4-12-5-9-21-10-12/h11-12H,2-10H2,1H3,(H,18,19)(H2,16,17,20). The van der Waals surface area contributed by atoms with E-state index in [0.29, 0.717) is 31.2 Å². The third kappa shape index (κ3) is 4.33. The predicted molar refractivity (Wildman–Crippen MR) is 78.1 cm³/mol. The van der Waals surface area contributed by atoms with Crippen LogP contribution < -0.4 is 10.6 Å². The van der Waals surface area contributed by atoms with Gasteiger partial charge in [0.2, 0.25) is 0 Å². The Balaban J connectivity index is 1.77. The van der Waals surface area contributed by atoms with Gasteiger partial charge >= 0.3 is 12.0 Å². The predicted octanol–water partition coefficient (Wildman–Crippen LogP) is 1.75. The molecule has 2 fully saturated rings. The number of urea groups is 1. The van der Waals surface area contributed by atoms with E-state index >= 15 is 0 Å². The largest absolute Gasteiger partial charge is 0.480 e. The molecule has 1 saturated carbocycles. The van der Waals surface area contributed by atoms with Gasteiger partial charge in [-0.25, -0.2) is 9.59 Å². The van der Waals surface area contributed by atoms with E-state index in [2.05, 4.69) is 17.6 Å². The van der Waals surface area contributed by atoms with E-state index < -0.39 is 11.5 Å². The Kier molecular flexibility index (Phi) is 5.45. The maximum absolute atomic E-state index is 12.0. The summed E-state index contributed by atoms with van der Waals surface area (Å²) in [6.07, 6.45) is 4.61. The highest BCUT2D eigenvalue weighted by molar-refractivity contribution is 5.86. The molecule has 2 aliphatic rings. The van der Waals surface area contributed by atoms with Gasteiger partial charge in [0.25, 0.3) is 0 Å². The van der Waals surface area contributed by atoms with Gasteiger partial charge in [-0.1, -0.05) is 6.92 Å². The van der Waals surface area contributed by atoms with Crippen LogP contribution in [0.1, 0.15) is 45.4 Å². The van der Waals surface area contributed by atoms with Gasteiger partial charge in [0.1, 0.15) is 5.54 Å². The molecule has 6 nitrogen and oxygen atoms in total. The van der Waals surface area contributed by atoms with E-state index in [1.54, 1.807) is 0 Å². The number of carboxylic acid groups (broad SMARTS) is 1. The molecule has 1 atom stereocenters. The number of amides is 2. The Morgan fingerprint density at radius 1 is 1.29 bits per heavy atom. The van der Waals surface area contributed by atoms with Gasteiger partial charge < -0.3 is 20.5 Å². The van der Waals surface area contributed by atoms with Crippen molar-refractivity contribution in [2.24, 2.45) is 11.8 Å². The molecule has 120 valence electrons. The van der Waals surface area contributed by atoms with Gasteiger partial charge in [0.05, 0.1) is 0 Å². The third-order valence-electron chi connectivity index (χ3n) is 4.75. The van der Waals surface area contributed by atoms with Crippen LogP contribution in [-0.4, -0.2) is 42.4 Å². The quantitative estimate of drug-likeness (QED) is 0.721. The fraction of sp³-hybridized carbons (Fsp3) is 0.867. The van der Waals surface area contributed by atoms with E-state index in [-0.39, 0.29) is 6.03 Å². The highest BCUT2D eigenvalue weighted by Crippen LogP contribution is 2.32. The first-order valence-corrected chi connectivity index (χ1v) is 7.89. The summed E-state index contributed by atoms with van der Waals surface area (Å²) in [5.74, 6) is 0.118. The lowest BCUT2D eigenvalue weighted by Gasteiger charge is -2.36. The fourth-order valence-electron chi connectivity index (χ4n) is 3.11. The van der Waals surface area contributed by atoms with Crippen LogP contribution in [0.3, 0.4) is 0 Å². The van der Waals surface area contributed by atoms with Crippen molar-refractivity contribution >= 4 is 12.0 Å². The van der Waals surface area contributed by atoms with Crippen molar-refractivity contribution in [2.45, 2.75) is 51.0 Å². The van der Waals surface area contributed by atoms with Gasteiger partial charge in [-0.05, 0) is 50.4 Å². The second-order valence-corrected chi connectivity index (χ2v) is 6.47. The second kappa shape index (κ2) is 7.11. The lowest BCUT2D eigenvalue weighted by molar-refractivity contribution is -0.146. The monoisotopic (exact) mass is 298 g/mol. The number of aliphatic carboxylic acids is 1. The molecule has 21 heavy (non-hydrogen) atoms. The minimum atomic E-state index is -1.09. The van der Waals surface area contributed by atoms with Crippen molar-refractivity contribution in [3.63, 3.8) is 0 Å². The minimum Gasteiger partial charge on any atom is -0.480 e. The van der Waals surface area contributed by atoms with Crippen LogP contribution >= 0.6 is 0 Å². The lowest BCUT2D eigenvalue weighted by Crippen LogP contribution is -2.58. The van der Waals surface area contributed by atoms with Crippen LogP contribution in [0.25, 0.3) is 0 Å². The first-order chi connectivity index (χ1) is 10.0. The first kappa shape index (κ1) is 16.1. The number of nitrogens with one attached hydrogen (secondary N) is 2. The maximum Gasteiger partial charge on any atom is 0.329 e. The molecule has 6 heteroatoms. The summed E-state index contributed by atoms with van der Waals surface area (Å²) in [5, 5.41) is 14.9. The molecule has 2 rings (SSSR count). The van der Waals surface area contributed by atoms with Crippen LogP contribution in [-0.2, 0) is 9.53 Å². The van der Waals surface area contributed by atoms with Gasteiger partial charge in [-0.15, -0.1) is 0 Å². The molecular formula is C15H26N2O4. The minimum absolute atomic E-state index is 0.370. The molecule has 0 aromatic carbocycles. The van der Waals surface area contributed by atoms with Gasteiger partial charge in [0, 0.05) is 19.8 Å². The van der Waals surface area contributed by atoms with E-state index in [4.69, 9.17) is 4.74 Å². The highest BCUT2D eigenvalue weighted by atomic mass is 16.5. The topological polar surface area (TPSA) is 87.7 Å². The molecule has 1 saturated heterocycles. The molecule has 0 radical (unpaired) electrons. The molecule has 0 aromatic rings. The van der Waals surface area contributed by atoms with Gasteiger partial charge in [0.15, 0.2) is 0 Å². The Hall–Kier alpha value is -1.30. The van der Waals surface area contributed by atoms with Crippen molar-refractivity contribution in [1.82, 2.24) is 10.6 Å². The molecule has 1 unspecified atom stereocenters. The van der Waals surface area contributed by atoms with Crippen LogP contribution in [0, 0.1) is 11.8 Å². The normalized spacial score (nSPS) is 32.6. The SMILES string of the molecule is CC1CCC(NC(=O)NCCC2CCOC2)(C(=O)O)CC1. The molecule has 1 heterocycles. The summed E-state index contributed by atoms with van der Waals surface area (Å²) >= 11 is 0. The van der Waals surface area contributed by atoms with Crippen molar-refractivity contribution < 1.29 is 19.4 Å². The summed E-state index contributed by atoms with van der Waals surface area (Å²) in [5.41, 5.74) is -1.09.